The number of carbonyl (C=O) groups is 1. The fourth-order valence-electron chi connectivity index (χ4n) is 2.89. The maximum absolute atomic E-state index is 13.8. The minimum absolute atomic E-state index is 0.0980. The fourth-order valence-corrected chi connectivity index (χ4v) is 4.51. The largest absolute Gasteiger partial charge is 0.462 e. The van der Waals surface area contributed by atoms with E-state index in [4.69, 9.17) is 4.74 Å². The molecule has 1 unspecified atom stereocenters. The van der Waals surface area contributed by atoms with Crippen molar-refractivity contribution in [1.82, 2.24) is 9.62 Å². The molecule has 24 heavy (non-hydrogen) atoms. The second-order valence-corrected chi connectivity index (χ2v) is 7.76. The Kier molecular flexibility index (Phi) is 6.31. The molecular weight excluding hydrogens is 335 g/mol. The molecule has 1 aromatic carbocycles. The van der Waals surface area contributed by atoms with Crippen LogP contribution in [0.3, 0.4) is 0 Å². The molecule has 1 atom stereocenters. The molecule has 2 rings (SSSR count). The molecule has 0 aromatic heterocycles. The van der Waals surface area contributed by atoms with Gasteiger partial charge in [0, 0.05) is 13.1 Å². The highest BCUT2D eigenvalue weighted by molar-refractivity contribution is 7.89. The quantitative estimate of drug-likeness (QED) is 0.782. The van der Waals surface area contributed by atoms with Crippen molar-refractivity contribution in [3.8, 4) is 0 Å². The van der Waals surface area contributed by atoms with Crippen molar-refractivity contribution in [2.75, 3.05) is 33.3 Å². The Morgan fingerprint density at radius 1 is 1.42 bits per heavy atom. The van der Waals surface area contributed by atoms with E-state index in [2.05, 4.69) is 5.32 Å². The van der Waals surface area contributed by atoms with Crippen LogP contribution in [0.1, 0.15) is 30.1 Å². The number of esters is 1. The van der Waals surface area contributed by atoms with Crippen LogP contribution in [0, 0.1) is 11.7 Å². The van der Waals surface area contributed by atoms with Gasteiger partial charge in [0.15, 0.2) is 0 Å². The van der Waals surface area contributed by atoms with Crippen LogP contribution in [0.2, 0.25) is 0 Å². The number of carbonyl (C=O) groups excluding carboxylic acids is 1. The molecule has 1 aliphatic heterocycles. The van der Waals surface area contributed by atoms with Gasteiger partial charge in [-0.05, 0) is 57.5 Å². The number of rotatable bonds is 6. The first-order valence-corrected chi connectivity index (χ1v) is 9.45. The third-order valence-corrected chi connectivity index (χ3v) is 5.84. The number of nitrogens with one attached hydrogen (secondary N) is 1. The number of hydrogen-bond donors (Lipinski definition) is 1. The molecule has 0 bridgehead atoms. The van der Waals surface area contributed by atoms with Crippen molar-refractivity contribution in [3.05, 3.63) is 29.6 Å². The molecule has 134 valence electrons. The fraction of sp³-hybridized carbons (Fsp3) is 0.562. The van der Waals surface area contributed by atoms with Crippen LogP contribution < -0.4 is 5.32 Å². The van der Waals surface area contributed by atoms with E-state index >= 15 is 0 Å². The SMILES string of the molecule is CCOC(=O)c1cc(F)cc(S(=O)(=O)N2CCCC(CNC)C2)c1. The normalized spacial score (nSPS) is 19.2. The maximum atomic E-state index is 13.8. The van der Waals surface area contributed by atoms with Gasteiger partial charge in [0.1, 0.15) is 5.82 Å². The highest BCUT2D eigenvalue weighted by Crippen LogP contribution is 2.25. The molecule has 0 amide bonds. The minimum atomic E-state index is -3.85. The van der Waals surface area contributed by atoms with Crippen LogP contribution in [0.5, 0.6) is 0 Å². The summed E-state index contributed by atoms with van der Waals surface area (Å²) < 4.78 is 45.6. The lowest BCUT2D eigenvalue weighted by atomic mass is 10.00. The number of benzene rings is 1. The van der Waals surface area contributed by atoms with E-state index in [-0.39, 0.29) is 23.0 Å². The number of sulfonamides is 1. The standard InChI is InChI=1S/C16H23FN2O4S/c1-3-23-16(20)13-7-14(17)9-15(8-13)24(21,22)19-6-4-5-12(11-19)10-18-2/h7-9,12,18H,3-6,10-11H2,1-2H3. The number of nitrogens with zero attached hydrogens (tertiary/aromatic N) is 1. The van der Waals surface area contributed by atoms with Crippen molar-refractivity contribution in [1.29, 1.82) is 0 Å². The van der Waals surface area contributed by atoms with Gasteiger partial charge >= 0.3 is 5.97 Å². The van der Waals surface area contributed by atoms with E-state index in [1.807, 2.05) is 7.05 Å². The summed E-state index contributed by atoms with van der Waals surface area (Å²) in [5, 5.41) is 3.05. The molecule has 0 radical (unpaired) electrons. The van der Waals surface area contributed by atoms with Crippen LogP contribution in [0.4, 0.5) is 4.39 Å². The maximum Gasteiger partial charge on any atom is 0.338 e. The first kappa shape index (κ1) is 18.8. The molecule has 0 saturated carbocycles. The second-order valence-electron chi connectivity index (χ2n) is 5.83. The van der Waals surface area contributed by atoms with Crippen molar-refractivity contribution in [2.24, 2.45) is 5.92 Å². The molecule has 1 aromatic rings. The number of piperidine rings is 1. The van der Waals surface area contributed by atoms with Crippen LogP contribution in [-0.4, -0.2) is 52.0 Å². The summed E-state index contributed by atoms with van der Waals surface area (Å²) in [6.45, 7) is 3.27. The molecule has 0 spiro atoms. The monoisotopic (exact) mass is 358 g/mol. The van der Waals surface area contributed by atoms with Gasteiger partial charge in [-0.15, -0.1) is 0 Å². The second kappa shape index (κ2) is 8.04. The Morgan fingerprint density at radius 2 is 2.17 bits per heavy atom. The van der Waals surface area contributed by atoms with Crippen molar-refractivity contribution < 1.29 is 22.3 Å². The van der Waals surface area contributed by atoms with Gasteiger partial charge in [-0.2, -0.15) is 4.31 Å². The first-order chi connectivity index (χ1) is 11.4. The van der Waals surface area contributed by atoms with E-state index in [0.717, 1.165) is 31.5 Å². The molecule has 1 saturated heterocycles. The Bertz CT molecular complexity index is 691. The lowest BCUT2D eigenvalue weighted by Gasteiger charge is -2.31. The number of halogens is 1. The zero-order chi connectivity index (χ0) is 17.7. The lowest BCUT2D eigenvalue weighted by molar-refractivity contribution is 0.0525. The van der Waals surface area contributed by atoms with Gasteiger partial charge in [0.2, 0.25) is 10.0 Å². The zero-order valence-electron chi connectivity index (χ0n) is 13.9. The molecule has 8 heteroatoms. The predicted molar refractivity (Wildman–Crippen MR) is 87.8 cm³/mol. The van der Waals surface area contributed by atoms with Gasteiger partial charge in [-0.25, -0.2) is 17.6 Å². The molecule has 1 N–H and O–H groups in total. The summed E-state index contributed by atoms with van der Waals surface area (Å²) in [6, 6.07) is 3.11. The lowest BCUT2D eigenvalue weighted by Crippen LogP contribution is -2.42. The third-order valence-electron chi connectivity index (χ3n) is 3.99. The zero-order valence-corrected chi connectivity index (χ0v) is 14.7. The Balaban J connectivity index is 2.30. The van der Waals surface area contributed by atoms with E-state index in [9.17, 15) is 17.6 Å². The van der Waals surface area contributed by atoms with E-state index in [0.29, 0.717) is 13.1 Å². The minimum Gasteiger partial charge on any atom is -0.462 e. The first-order valence-electron chi connectivity index (χ1n) is 8.01. The average Bonchev–Trinajstić information content (AvgIpc) is 2.55. The molecule has 0 aliphatic carbocycles. The van der Waals surface area contributed by atoms with Crippen molar-refractivity contribution in [2.45, 2.75) is 24.7 Å². The summed E-state index contributed by atoms with van der Waals surface area (Å²) in [4.78, 5) is 11.6. The summed E-state index contributed by atoms with van der Waals surface area (Å²) in [5.41, 5.74) is -0.0980. The highest BCUT2D eigenvalue weighted by Gasteiger charge is 2.31. The number of ether oxygens (including phenoxy) is 1. The van der Waals surface area contributed by atoms with E-state index in [1.165, 1.54) is 10.4 Å². The molecule has 1 heterocycles. The van der Waals surface area contributed by atoms with Crippen LogP contribution in [-0.2, 0) is 14.8 Å². The molecular formula is C16H23FN2O4S. The van der Waals surface area contributed by atoms with E-state index in [1.54, 1.807) is 6.92 Å². The molecule has 1 fully saturated rings. The summed E-state index contributed by atoms with van der Waals surface area (Å²) >= 11 is 0. The average molecular weight is 358 g/mol. The van der Waals surface area contributed by atoms with Crippen molar-refractivity contribution in [3.63, 3.8) is 0 Å². The van der Waals surface area contributed by atoms with Crippen LogP contribution >= 0.6 is 0 Å². The predicted octanol–water partition coefficient (Wildman–Crippen LogP) is 1.62. The van der Waals surface area contributed by atoms with Gasteiger partial charge in [-0.3, -0.25) is 0 Å². The Hall–Kier alpha value is -1.51. The molecule has 1 aliphatic rings. The van der Waals surface area contributed by atoms with Crippen molar-refractivity contribution >= 4 is 16.0 Å². The van der Waals surface area contributed by atoms with Gasteiger partial charge in [-0.1, -0.05) is 0 Å². The van der Waals surface area contributed by atoms with E-state index < -0.39 is 21.8 Å². The Morgan fingerprint density at radius 3 is 2.83 bits per heavy atom. The van der Waals surface area contributed by atoms with Gasteiger partial charge in [0.25, 0.3) is 0 Å². The Labute approximate surface area is 142 Å². The smallest absolute Gasteiger partial charge is 0.338 e. The van der Waals surface area contributed by atoms with Crippen LogP contribution in [0.25, 0.3) is 0 Å². The van der Waals surface area contributed by atoms with Crippen LogP contribution in [0.15, 0.2) is 23.1 Å². The highest BCUT2D eigenvalue weighted by atomic mass is 32.2. The van der Waals surface area contributed by atoms with Gasteiger partial charge < -0.3 is 10.1 Å². The topological polar surface area (TPSA) is 75.7 Å². The summed E-state index contributed by atoms with van der Waals surface area (Å²) in [7, 11) is -2.02. The molecule has 6 nitrogen and oxygen atoms in total. The summed E-state index contributed by atoms with van der Waals surface area (Å²) in [6.07, 6.45) is 1.70. The third kappa shape index (κ3) is 4.31. The number of hydrogen-bond acceptors (Lipinski definition) is 5. The summed E-state index contributed by atoms with van der Waals surface area (Å²) in [5.74, 6) is -1.29. The van der Waals surface area contributed by atoms with Gasteiger partial charge in [0.05, 0.1) is 17.1 Å².